The molecule has 1 aliphatic heterocycles. The minimum absolute atomic E-state index is 0.0218. The van der Waals surface area contributed by atoms with Crippen LogP contribution in [0.15, 0.2) is 47.5 Å². The van der Waals surface area contributed by atoms with Crippen molar-refractivity contribution in [1.29, 1.82) is 10.5 Å². The average molecular weight is 446 g/mol. The second-order valence-corrected chi connectivity index (χ2v) is 6.99. The minimum atomic E-state index is -1.07. The minimum Gasteiger partial charge on any atom is -0.486 e. The van der Waals surface area contributed by atoms with Crippen molar-refractivity contribution in [3.63, 3.8) is 0 Å². The van der Waals surface area contributed by atoms with Gasteiger partial charge in [0.25, 0.3) is 0 Å². The van der Waals surface area contributed by atoms with Crippen molar-refractivity contribution in [2.75, 3.05) is 16.8 Å². The summed E-state index contributed by atoms with van der Waals surface area (Å²) < 4.78 is 32.8. The third-order valence-electron chi connectivity index (χ3n) is 4.93. The molecule has 4 rings (SSSR count). The fraction of sp³-hybridized carbons (Fsp3) is 0.0909. The summed E-state index contributed by atoms with van der Waals surface area (Å²) in [4.78, 5) is 8.69. The second kappa shape index (κ2) is 8.69. The number of halogens is 2. The molecule has 0 bridgehead atoms. The van der Waals surface area contributed by atoms with Gasteiger partial charge in [0.15, 0.2) is 17.8 Å². The molecule has 11 heteroatoms. The lowest BCUT2D eigenvalue weighted by molar-refractivity contribution is 0.284. The highest BCUT2D eigenvalue weighted by atomic mass is 19.2. The van der Waals surface area contributed by atoms with Crippen molar-refractivity contribution in [3.05, 3.63) is 76.4 Å². The number of nitrogens with one attached hydrogen (secondary N) is 2. The highest BCUT2D eigenvalue weighted by Gasteiger charge is 2.29. The van der Waals surface area contributed by atoms with Crippen molar-refractivity contribution < 1.29 is 13.5 Å². The molecule has 33 heavy (non-hydrogen) atoms. The van der Waals surface area contributed by atoms with Gasteiger partial charge in [0.2, 0.25) is 11.8 Å². The van der Waals surface area contributed by atoms with E-state index in [2.05, 4.69) is 20.6 Å². The van der Waals surface area contributed by atoms with Crippen LogP contribution in [0.5, 0.6) is 5.75 Å². The third-order valence-corrected chi connectivity index (χ3v) is 4.93. The van der Waals surface area contributed by atoms with Crippen LogP contribution in [0.1, 0.15) is 28.3 Å². The molecule has 0 spiro atoms. The quantitative estimate of drug-likeness (QED) is 0.352. The van der Waals surface area contributed by atoms with Crippen LogP contribution >= 0.6 is 0 Å². The van der Waals surface area contributed by atoms with E-state index >= 15 is 0 Å². The molecule has 164 valence electrons. The molecule has 0 saturated carbocycles. The Bertz CT molecular complexity index is 1360. The molecule has 9 nitrogen and oxygen atoms in total. The lowest BCUT2D eigenvalue weighted by Crippen LogP contribution is -2.32. The van der Waals surface area contributed by atoms with Crippen molar-refractivity contribution in [1.82, 2.24) is 10.3 Å². The number of nitrogen functional groups attached to an aromatic ring is 2. The fourth-order valence-corrected chi connectivity index (χ4v) is 3.43. The lowest BCUT2D eigenvalue weighted by Gasteiger charge is -2.26. The molecule has 1 unspecified atom stereocenters. The first-order valence-corrected chi connectivity index (χ1v) is 9.57. The molecular weight excluding hydrogens is 430 g/mol. The van der Waals surface area contributed by atoms with Gasteiger partial charge in [-0.05, 0) is 29.3 Å². The number of nitriles is 2. The molecule has 1 atom stereocenters. The van der Waals surface area contributed by atoms with E-state index in [-0.39, 0.29) is 41.2 Å². The molecule has 0 aliphatic carbocycles. The normalized spacial score (nSPS) is 14.2. The van der Waals surface area contributed by atoms with Gasteiger partial charge in [-0.2, -0.15) is 14.9 Å². The van der Waals surface area contributed by atoms with E-state index in [0.717, 1.165) is 6.07 Å². The van der Waals surface area contributed by atoms with Gasteiger partial charge >= 0.3 is 0 Å². The summed E-state index contributed by atoms with van der Waals surface area (Å²) in [6.07, 6.45) is 1.78. The Morgan fingerprint density at radius 3 is 2.70 bits per heavy atom. The van der Waals surface area contributed by atoms with E-state index in [0.29, 0.717) is 16.7 Å². The largest absolute Gasteiger partial charge is 0.486 e. The van der Waals surface area contributed by atoms with Crippen LogP contribution in [0.2, 0.25) is 0 Å². The Hall–Kier alpha value is -4.90. The third kappa shape index (κ3) is 4.03. The topological polar surface area (TPSA) is 158 Å². The van der Waals surface area contributed by atoms with Crippen LogP contribution in [0.25, 0.3) is 0 Å². The molecule has 2 heterocycles. The van der Waals surface area contributed by atoms with Crippen molar-refractivity contribution in [2.24, 2.45) is 4.99 Å². The molecule has 0 radical (unpaired) electrons. The Morgan fingerprint density at radius 2 is 1.94 bits per heavy atom. The molecule has 0 amide bonds. The highest BCUT2D eigenvalue weighted by Crippen LogP contribution is 2.40. The number of aliphatic imine (C=N–C) groups is 1. The molecule has 0 saturated heterocycles. The van der Waals surface area contributed by atoms with E-state index in [1.165, 1.54) is 12.1 Å². The number of rotatable bonds is 4. The molecular formula is C22H16F2N8O. The van der Waals surface area contributed by atoms with Crippen LogP contribution < -0.4 is 26.8 Å². The standard InChI is InChI=1S/C22H16F2N8O/c23-14-5-2-6-15(17(14)24)33-9-11-3-1-4-12(7-11)19-16-18(27)13(8-25)20(28)31-21(16)32-22(30-19)29-10-26/h1-7,19H,9H2,(H6,27,28,29,30,31,32). The summed E-state index contributed by atoms with van der Waals surface area (Å²) in [5.41, 5.74) is 13.9. The van der Waals surface area contributed by atoms with E-state index in [1.807, 2.05) is 6.07 Å². The zero-order valence-electron chi connectivity index (χ0n) is 16.9. The zero-order chi connectivity index (χ0) is 23.5. The maximum Gasteiger partial charge on any atom is 0.211 e. The Balaban J connectivity index is 1.72. The number of fused-ring (bicyclic) bond motifs is 1. The molecule has 6 N–H and O–H groups in total. The summed E-state index contributed by atoms with van der Waals surface area (Å²) in [6.45, 7) is -0.0437. The number of hydrogen-bond acceptors (Lipinski definition) is 9. The van der Waals surface area contributed by atoms with Gasteiger partial charge in [-0.1, -0.05) is 24.3 Å². The lowest BCUT2D eigenvalue weighted by atomic mass is 9.94. The molecule has 1 aliphatic rings. The molecule has 3 aromatic rings. The van der Waals surface area contributed by atoms with Gasteiger partial charge < -0.3 is 21.5 Å². The van der Waals surface area contributed by atoms with Crippen LogP contribution in [0.4, 0.5) is 26.1 Å². The van der Waals surface area contributed by atoms with Gasteiger partial charge in [-0.25, -0.2) is 14.4 Å². The van der Waals surface area contributed by atoms with Crippen molar-refractivity contribution >= 4 is 23.3 Å². The second-order valence-electron chi connectivity index (χ2n) is 6.99. The molecule has 1 aromatic heterocycles. The van der Waals surface area contributed by atoms with E-state index in [4.69, 9.17) is 21.5 Å². The molecule has 0 fully saturated rings. The van der Waals surface area contributed by atoms with E-state index in [9.17, 15) is 14.0 Å². The van der Waals surface area contributed by atoms with Crippen LogP contribution in [-0.4, -0.2) is 10.9 Å². The van der Waals surface area contributed by atoms with Crippen molar-refractivity contribution in [2.45, 2.75) is 12.6 Å². The number of hydrogen-bond donors (Lipinski definition) is 4. The first kappa shape index (κ1) is 21.3. The predicted octanol–water partition coefficient (Wildman–Crippen LogP) is 2.92. The fourth-order valence-electron chi connectivity index (χ4n) is 3.43. The van der Waals surface area contributed by atoms with E-state index < -0.39 is 17.7 Å². The Morgan fingerprint density at radius 1 is 1.15 bits per heavy atom. The number of aromatic nitrogens is 1. The summed E-state index contributed by atoms with van der Waals surface area (Å²) in [6, 6.07) is 11.9. The van der Waals surface area contributed by atoms with Crippen LogP contribution in [0, 0.1) is 34.4 Å². The van der Waals surface area contributed by atoms with Gasteiger partial charge in [0.05, 0.1) is 5.69 Å². The number of anilines is 3. The monoisotopic (exact) mass is 446 g/mol. The average Bonchev–Trinajstić information content (AvgIpc) is 2.80. The number of ether oxygens (including phenoxy) is 1. The van der Waals surface area contributed by atoms with E-state index in [1.54, 1.807) is 30.5 Å². The smallest absolute Gasteiger partial charge is 0.211 e. The summed E-state index contributed by atoms with van der Waals surface area (Å²) in [7, 11) is 0. The van der Waals surface area contributed by atoms with Crippen LogP contribution in [-0.2, 0) is 6.61 Å². The Labute approximate surface area is 186 Å². The number of pyridine rings is 1. The SMILES string of the molecule is N#CNC1=NC(c2cccc(COc3cccc(F)c3F)c2)c2c(nc(N)c(C#N)c2N)N1. The zero-order valence-corrected chi connectivity index (χ0v) is 16.9. The van der Waals surface area contributed by atoms with Crippen molar-refractivity contribution in [3.8, 4) is 18.0 Å². The van der Waals surface area contributed by atoms with Gasteiger partial charge in [0, 0.05) is 5.56 Å². The van der Waals surface area contributed by atoms with Gasteiger partial charge in [-0.3, -0.25) is 5.32 Å². The first-order valence-electron chi connectivity index (χ1n) is 9.57. The number of benzene rings is 2. The maximum absolute atomic E-state index is 13.9. The van der Waals surface area contributed by atoms with Crippen LogP contribution in [0.3, 0.4) is 0 Å². The summed E-state index contributed by atoms with van der Waals surface area (Å²) in [5.74, 6) is -1.97. The number of nitrogens with two attached hydrogens (primary N) is 2. The molecule has 2 aromatic carbocycles. The van der Waals surface area contributed by atoms with Gasteiger partial charge in [0.1, 0.15) is 35.9 Å². The Kier molecular flexibility index (Phi) is 5.62. The first-order chi connectivity index (χ1) is 15.9. The maximum atomic E-state index is 13.9. The summed E-state index contributed by atoms with van der Waals surface area (Å²) in [5, 5.41) is 23.7. The number of nitrogens with zero attached hydrogens (tertiary/aromatic N) is 4. The highest BCUT2D eigenvalue weighted by molar-refractivity contribution is 5.98. The van der Waals surface area contributed by atoms with Gasteiger partial charge in [-0.15, -0.1) is 0 Å². The predicted molar refractivity (Wildman–Crippen MR) is 117 cm³/mol. The number of guanidine groups is 1. The summed E-state index contributed by atoms with van der Waals surface area (Å²) >= 11 is 0.